The van der Waals surface area contributed by atoms with Gasteiger partial charge in [-0.05, 0) is 268 Å². The van der Waals surface area contributed by atoms with E-state index < -0.39 is 0 Å². The number of pyridine rings is 2. The van der Waals surface area contributed by atoms with Crippen LogP contribution in [-0.4, -0.2) is 9.97 Å². The molecule has 0 bridgehead atoms. The van der Waals surface area contributed by atoms with E-state index in [1.165, 1.54) is 143 Å². The second kappa shape index (κ2) is 27.5. The van der Waals surface area contributed by atoms with E-state index in [0.29, 0.717) is 0 Å². The highest BCUT2D eigenvalue weighted by Gasteiger charge is 2.34. The molecule has 2 heterocycles. The van der Waals surface area contributed by atoms with Crippen LogP contribution >= 0.6 is 0 Å². The summed E-state index contributed by atoms with van der Waals surface area (Å²) >= 11 is 0. The molecule has 2 aliphatic rings. The van der Waals surface area contributed by atoms with Gasteiger partial charge in [0.25, 0.3) is 0 Å². The number of hydrogen-bond acceptors (Lipinski definition) is 4. The molecule has 0 radical (unpaired) electrons. The van der Waals surface area contributed by atoms with Crippen LogP contribution in [-0.2, 0) is 0 Å². The van der Waals surface area contributed by atoms with Crippen molar-refractivity contribution < 1.29 is 0 Å². The highest BCUT2D eigenvalue weighted by Crippen LogP contribution is 2.61. The zero-order valence-corrected chi connectivity index (χ0v) is 62.2. The van der Waals surface area contributed by atoms with Crippen LogP contribution in [0.1, 0.15) is 0 Å². The smallest absolute Gasteiger partial charge is 0.0702 e. The number of benzene rings is 18. The maximum absolute atomic E-state index is 5.36. The Bertz CT molecular complexity index is 7040. The van der Waals surface area contributed by atoms with Crippen molar-refractivity contribution in [1.82, 2.24) is 9.97 Å². The molecule has 20 aromatic rings. The van der Waals surface area contributed by atoms with Crippen molar-refractivity contribution in [3.63, 3.8) is 0 Å². The molecule has 2 aromatic heterocycles. The summed E-state index contributed by atoms with van der Waals surface area (Å²) in [7, 11) is 0. The average Bonchev–Trinajstić information content (AvgIpc) is 1.53. The minimum atomic E-state index is 0.905. The largest absolute Gasteiger partial charge is 0.310 e. The van der Waals surface area contributed by atoms with Crippen LogP contribution in [0, 0.1) is 0 Å². The lowest BCUT2D eigenvalue weighted by atomic mass is 9.82. The van der Waals surface area contributed by atoms with Crippen LogP contribution < -0.4 is 9.80 Å². The number of rotatable bonds is 15. The van der Waals surface area contributed by atoms with Gasteiger partial charge in [-0.2, -0.15) is 0 Å². The van der Waals surface area contributed by atoms with Crippen molar-refractivity contribution >= 4 is 77.2 Å². The van der Waals surface area contributed by atoms with Gasteiger partial charge in [-0.3, -0.25) is 9.97 Å². The molecule has 2 aliphatic carbocycles. The first-order valence-electron chi connectivity index (χ1n) is 39.2. The van der Waals surface area contributed by atoms with Crippen LogP contribution in [0.5, 0.6) is 0 Å². The lowest BCUT2D eigenvalue weighted by Crippen LogP contribution is -2.09. The maximum Gasteiger partial charge on any atom is 0.0702 e. The molecule has 0 unspecified atom stereocenters. The minimum absolute atomic E-state index is 0.905. The second-order valence-electron chi connectivity index (χ2n) is 29.8. The molecule has 0 saturated carbocycles. The fourth-order valence-corrected chi connectivity index (χ4v) is 18.5. The predicted molar refractivity (Wildman–Crippen MR) is 479 cm³/mol. The van der Waals surface area contributed by atoms with Crippen LogP contribution in [0.15, 0.2) is 425 Å². The third-order valence-electron chi connectivity index (χ3n) is 23.4. The van der Waals surface area contributed by atoms with Gasteiger partial charge in [-0.15, -0.1) is 0 Å². The Hall–Kier alpha value is -15.1. The summed E-state index contributed by atoms with van der Waals surface area (Å²) < 4.78 is 0. The number of fused-ring (bicyclic) bond motifs is 8. The Morgan fingerprint density at radius 3 is 0.921 bits per heavy atom. The van der Waals surface area contributed by atoms with Gasteiger partial charge >= 0.3 is 0 Å². The molecule has 4 nitrogen and oxygen atoms in total. The molecule has 18 aromatic carbocycles. The Labute approximate surface area is 662 Å². The summed E-state index contributed by atoms with van der Waals surface area (Å²) in [6, 6.07) is 149. The maximum atomic E-state index is 5.36. The van der Waals surface area contributed by atoms with E-state index in [9.17, 15) is 0 Å². The summed E-state index contributed by atoms with van der Waals surface area (Å²) in [5.41, 5.74) is 37.4. The molecule has 530 valence electrons. The van der Waals surface area contributed by atoms with E-state index in [-0.39, 0.29) is 0 Å². The van der Waals surface area contributed by atoms with E-state index >= 15 is 0 Å². The molecule has 22 rings (SSSR count). The molecule has 0 N–H and O–H groups in total. The number of nitrogens with zero attached hydrogens (tertiary/aromatic N) is 4. The van der Waals surface area contributed by atoms with E-state index in [2.05, 4.69) is 421 Å². The first kappa shape index (κ1) is 65.9. The fourth-order valence-electron chi connectivity index (χ4n) is 18.5. The van der Waals surface area contributed by atoms with Crippen molar-refractivity contribution in [3.05, 3.63) is 425 Å². The number of hydrogen-bond donors (Lipinski definition) is 0. The highest BCUT2D eigenvalue weighted by atomic mass is 15.1. The van der Waals surface area contributed by atoms with E-state index in [1.807, 2.05) is 18.6 Å². The van der Waals surface area contributed by atoms with Crippen molar-refractivity contribution in [1.29, 1.82) is 0 Å². The summed E-state index contributed by atoms with van der Waals surface area (Å²) in [4.78, 5) is 14.4. The number of anilines is 6. The molecule has 4 heteroatoms. The van der Waals surface area contributed by atoms with Gasteiger partial charge in [0.1, 0.15) is 0 Å². The summed E-state index contributed by atoms with van der Waals surface area (Å²) in [5, 5.41) is 9.93. The summed E-state index contributed by atoms with van der Waals surface area (Å²) in [6.07, 6.45) is 5.75. The fraction of sp³-hybridized carbons (Fsp3) is 0. The van der Waals surface area contributed by atoms with Crippen molar-refractivity contribution in [2.24, 2.45) is 0 Å². The first-order valence-corrected chi connectivity index (χ1v) is 39.2. The molecule has 114 heavy (non-hydrogen) atoms. The summed E-state index contributed by atoms with van der Waals surface area (Å²) in [5.74, 6) is 0. The van der Waals surface area contributed by atoms with Gasteiger partial charge in [0.15, 0.2) is 0 Å². The zero-order chi connectivity index (χ0) is 75.2. The first-order chi connectivity index (χ1) is 56.6. The summed E-state index contributed by atoms with van der Waals surface area (Å²) in [6.45, 7) is 0. The monoisotopic (exact) mass is 1450 g/mol. The van der Waals surface area contributed by atoms with Crippen LogP contribution in [0.3, 0.4) is 0 Å². The Kier molecular flexibility index (Phi) is 15.9. The Morgan fingerprint density at radius 2 is 0.491 bits per heavy atom. The highest BCUT2D eigenvalue weighted by molar-refractivity contribution is 6.31. The molecule has 0 atom stereocenters. The van der Waals surface area contributed by atoms with E-state index in [1.54, 1.807) is 0 Å². The van der Waals surface area contributed by atoms with Gasteiger partial charge in [0.05, 0.1) is 5.69 Å². The average molecular weight is 1450 g/mol. The Morgan fingerprint density at radius 1 is 0.167 bits per heavy atom. The van der Waals surface area contributed by atoms with Gasteiger partial charge in [-0.1, -0.05) is 309 Å². The minimum Gasteiger partial charge on any atom is -0.310 e. The Balaban J connectivity index is 0.608. The standard InChI is InChI=1S/C110H70N4/c1-7-25-74(26-8-1)101-92-41-19-20-42-93(92)102(75-27-9-2-10-28-75)109-97-60-58-88(90-43-23-45-95(105(90)97)107(101)109)72-49-55-85(56-50-72)114(83-37-17-6-18-38-83)87-40-22-34-79(68-87)81-52-62-100(112-70-81)80-51-57-94-99(69-80)104(77-31-13-4-14-32-77)108-96-46-24-44-91-89(59-61-98(106(91)96)110(108)103(94)76-29-11-3-12-30-76)73-47-53-84(54-48-73)113(82-35-15-5-16-36-82)86-39-21-33-78(67-86)71-63-65-111-66-64-71/h1-70H. The number of aromatic nitrogens is 2. The molecule has 0 spiro atoms. The van der Waals surface area contributed by atoms with Gasteiger partial charge in [0, 0.05) is 63.8 Å². The molecule has 0 fully saturated rings. The molecular formula is C110H70N4. The van der Waals surface area contributed by atoms with Gasteiger partial charge < -0.3 is 9.80 Å². The lowest BCUT2D eigenvalue weighted by molar-refractivity contribution is 1.28. The molecule has 0 amide bonds. The quantitative estimate of drug-likeness (QED) is 0.102. The van der Waals surface area contributed by atoms with Gasteiger partial charge in [0.2, 0.25) is 0 Å². The lowest BCUT2D eigenvalue weighted by Gasteiger charge is -2.26. The van der Waals surface area contributed by atoms with E-state index in [4.69, 9.17) is 4.98 Å². The van der Waals surface area contributed by atoms with Crippen LogP contribution in [0.25, 0.3) is 188 Å². The predicted octanol–water partition coefficient (Wildman–Crippen LogP) is 30.3. The number of para-hydroxylation sites is 2. The third kappa shape index (κ3) is 11.0. The van der Waals surface area contributed by atoms with Crippen molar-refractivity contribution in [2.75, 3.05) is 9.80 Å². The van der Waals surface area contributed by atoms with Crippen molar-refractivity contribution in [2.45, 2.75) is 0 Å². The SMILES string of the molecule is c1ccc(-c2c3c(c(-c4ccccc4)c4ccccc24)-c2ccc(-c4ccc(N(c5ccccc5)c5cccc(-c6ccc(-c7ccc8c(-c9ccccc9)c9c(c(-c%10ccccc%10)c8c7)-c7cccc8c(-c%10ccc(N(c%11ccccc%11)c%11cccc(-c%12ccncc%12)c%11)cc%10)ccc-9c78)nc6)c5)cc4)c4cccc-3c24)cc1. The van der Waals surface area contributed by atoms with Crippen LogP contribution in [0.2, 0.25) is 0 Å². The van der Waals surface area contributed by atoms with Gasteiger partial charge in [-0.25, -0.2) is 0 Å². The topological polar surface area (TPSA) is 32.3 Å². The second-order valence-corrected chi connectivity index (χ2v) is 29.8. The normalized spacial score (nSPS) is 11.7. The van der Waals surface area contributed by atoms with Crippen molar-refractivity contribution in [3.8, 4) is 145 Å². The molecular weight excluding hydrogens is 1380 g/mol. The van der Waals surface area contributed by atoms with Crippen LogP contribution in [0.4, 0.5) is 34.1 Å². The molecule has 0 aliphatic heterocycles. The van der Waals surface area contributed by atoms with E-state index in [0.717, 1.165) is 78.8 Å². The molecule has 0 saturated heterocycles. The zero-order valence-electron chi connectivity index (χ0n) is 62.2. The third-order valence-corrected chi connectivity index (χ3v) is 23.4.